The molecule has 2 rings (SSSR count). The van der Waals surface area contributed by atoms with Crippen LogP contribution in [0.25, 0.3) is 5.65 Å². The summed E-state index contributed by atoms with van der Waals surface area (Å²) in [7, 11) is 0. The van der Waals surface area contributed by atoms with Crippen molar-refractivity contribution < 1.29 is 0 Å². The van der Waals surface area contributed by atoms with Crippen molar-refractivity contribution in [2.75, 3.05) is 0 Å². The summed E-state index contributed by atoms with van der Waals surface area (Å²) in [4.78, 5) is 13.9. The van der Waals surface area contributed by atoms with E-state index < -0.39 is 0 Å². The van der Waals surface area contributed by atoms with Crippen LogP contribution in [0.4, 0.5) is 0 Å². The first-order valence-corrected chi connectivity index (χ1v) is 3.73. The van der Waals surface area contributed by atoms with Crippen LogP contribution >= 0.6 is 0 Å². The van der Waals surface area contributed by atoms with Gasteiger partial charge in [0.1, 0.15) is 6.33 Å². The first-order chi connectivity index (χ1) is 5.81. The maximum atomic E-state index is 11.2. The minimum absolute atomic E-state index is 0.188. The van der Waals surface area contributed by atoms with E-state index in [2.05, 4.69) is 15.2 Å². The fourth-order valence-electron chi connectivity index (χ4n) is 1.08. The van der Waals surface area contributed by atoms with Gasteiger partial charge in [0, 0.05) is 11.9 Å². The number of nitrogens with zero attached hydrogens (tertiary/aromatic N) is 3. The Hall–Kier alpha value is -1.65. The van der Waals surface area contributed by atoms with E-state index >= 15 is 0 Å². The molecular formula is C7H8N4O. The molecule has 2 aromatic rings. The Labute approximate surface area is 68.1 Å². The number of hydrogen-bond acceptors (Lipinski definition) is 3. The number of fused-ring (bicyclic) bond motifs is 1. The Bertz CT molecular complexity index is 456. The van der Waals surface area contributed by atoms with Gasteiger partial charge in [0.2, 0.25) is 5.65 Å². The molecule has 5 nitrogen and oxygen atoms in total. The smallest absolute Gasteiger partial charge is 0.293 e. The number of rotatable bonds is 1. The van der Waals surface area contributed by atoms with Crippen LogP contribution in [-0.4, -0.2) is 19.6 Å². The summed E-state index contributed by atoms with van der Waals surface area (Å²) in [6.07, 6.45) is 4.13. The van der Waals surface area contributed by atoms with Gasteiger partial charge in [-0.1, -0.05) is 6.92 Å². The van der Waals surface area contributed by atoms with Gasteiger partial charge in [-0.15, -0.1) is 10.2 Å². The second-order valence-electron chi connectivity index (χ2n) is 2.52. The number of aryl methyl sites for hydroxylation is 1. The van der Waals surface area contributed by atoms with E-state index in [4.69, 9.17) is 0 Å². The van der Waals surface area contributed by atoms with Crippen LogP contribution in [0.1, 0.15) is 12.6 Å². The van der Waals surface area contributed by atoms with Gasteiger partial charge < -0.3 is 4.98 Å². The summed E-state index contributed by atoms with van der Waals surface area (Å²) in [6, 6.07) is 0. The third kappa shape index (κ3) is 0.903. The topological polar surface area (TPSA) is 63.1 Å². The van der Waals surface area contributed by atoms with Crippen molar-refractivity contribution in [2.24, 2.45) is 0 Å². The Morgan fingerprint density at radius 2 is 2.50 bits per heavy atom. The summed E-state index contributed by atoms with van der Waals surface area (Å²) in [5, 5.41) is 7.29. The molecule has 0 radical (unpaired) electrons. The summed E-state index contributed by atoms with van der Waals surface area (Å²) in [5.74, 6) is 0. The molecule has 12 heavy (non-hydrogen) atoms. The van der Waals surface area contributed by atoms with Crippen molar-refractivity contribution >= 4 is 5.65 Å². The van der Waals surface area contributed by atoms with E-state index in [1.165, 1.54) is 6.33 Å². The van der Waals surface area contributed by atoms with Gasteiger partial charge in [-0.25, -0.2) is 0 Å². The van der Waals surface area contributed by atoms with Crippen molar-refractivity contribution in [2.45, 2.75) is 13.3 Å². The second kappa shape index (κ2) is 2.44. The zero-order valence-corrected chi connectivity index (χ0v) is 6.61. The van der Waals surface area contributed by atoms with E-state index in [9.17, 15) is 4.79 Å². The highest BCUT2D eigenvalue weighted by atomic mass is 16.1. The molecule has 0 aliphatic heterocycles. The first-order valence-electron chi connectivity index (χ1n) is 3.73. The molecule has 5 heteroatoms. The third-order valence-electron chi connectivity index (χ3n) is 1.73. The minimum Gasteiger partial charge on any atom is -0.321 e. The molecule has 0 fully saturated rings. The highest BCUT2D eigenvalue weighted by molar-refractivity contribution is 5.32. The van der Waals surface area contributed by atoms with Crippen LogP contribution in [-0.2, 0) is 6.42 Å². The molecule has 0 atom stereocenters. The summed E-state index contributed by atoms with van der Waals surface area (Å²) in [6.45, 7) is 1.97. The molecule has 0 bridgehead atoms. The summed E-state index contributed by atoms with van der Waals surface area (Å²) in [5.41, 5.74) is 1.03. The fourth-order valence-corrected chi connectivity index (χ4v) is 1.08. The molecule has 0 saturated heterocycles. The average molecular weight is 164 g/mol. The molecule has 2 aromatic heterocycles. The molecule has 2 heterocycles. The predicted molar refractivity (Wildman–Crippen MR) is 43.0 cm³/mol. The Balaban J connectivity index is 2.84. The fraction of sp³-hybridized carbons (Fsp3) is 0.286. The van der Waals surface area contributed by atoms with Crippen LogP contribution in [0.5, 0.6) is 0 Å². The lowest BCUT2D eigenvalue weighted by atomic mass is 10.3. The predicted octanol–water partition coefficient (Wildman–Crippen LogP) is -0.0200. The largest absolute Gasteiger partial charge is 0.321 e. The molecule has 0 aromatic carbocycles. The highest BCUT2D eigenvalue weighted by Gasteiger charge is 2.00. The molecule has 0 amide bonds. The Kier molecular flexibility index (Phi) is 1.43. The van der Waals surface area contributed by atoms with Crippen LogP contribution in [0, 0.1) is 0 Å². The molecule has 0 unspecified atom stereocenters. The zero-order chi connectivity index (χ0) is 8.55. The van der Waals surface area contributed by atoms with Crippen LogP contribution in [0.15, 0.2) is 17.3 Å². The van der Waals surface area contributed by atoms with Gasteiger partial charge in [0.15, 0.2) is 0 Å². The van der Waals surface area contributed by atoms with Crippen molar-refractivity contribution in [1.82, 2.24) is 19.6 Å². The second-order valence-corrected chi connectivity index (χ2v) is 2.52. The highest BCUT2D eigenvalue weighted by Crippen LogP contribution is 1.94. The lowest BCUT2D eigenvalue weighted by Gasteiger charge is -1.95. The van der Waals surface area contributed by atoms with Crippen molar-refractivity contribution in [3.05, 3.63) is 28.6 Å². The quantitative estimate of drug-likeness (QED) is 0.644. The van der Waals surface area contributed by atoms with Gasteiger partial charge in [-0.3, -0.25) is 9.20 Å². The lowest BCUT2D eigenvalue weighted by Crippen LogP contribution is -2.12. The zero-order valence-electron chi connectivity index (χ0n) is 6.61. The molecular weight excluding hydrogens is 156 g/mol. The lowest BCUT2D eigenvalue weighted by molar-refractivity contribution is 0.958. The maximum Gasteiger partial charge on any atom is 0.293 e. The van der Waals surface area contributed by atoms with Crippen molar-refractivity contribution in [1.29, 1.82) is 0 Å². The number of H-pyrrole nitrogens is 1. The van der Waals surface area contributed by atoms with Crippen LogP contribution < -0.4 is 5.56 Å². The van der Waals surface area contributed by atoms with Crippen molar-refractivity contribution in [3.8, 4) is 0 Å². The minimum atomic E-state index is -0.188. The van der Waals surface area contributed by atoms with Crippen molar-refractivity contribution in [3.63, 3.8) is 0 Å². The van der Waals surface area contributed by atoms with E-state index in [0.717, 1.165) is 12.1 Å². The maximum absolute atomic E-state index is 11.2. The van der Waals surface area contributed by atoms with Crippen LogP contribution in [0.3, 0.4) is 0 Å². The van der Waals surface area contributed by atoms with Gasteiger partial charge >= 0.3 is 0 Å². The average Bonchev–Trinajstić information content (AvgIpc) is 2.52. The Morgan fingerprint density at radius 1 is 1.67 bits per heavy atom. The number of aromatic amines is 1. The van der Waals surface area contributed by atoms with E-state index in [1.54, 1.807) is 4.40 Å². The van der Waals surface area contributed by atoms with Gasteiger partial charge in [0.05, 0.1) is 0 Å². The SMILES string of the molecule is CCc1cn2cnnc2c(=O)[nH]1. The molecule has 62 valence electrons. The molecule has 1 N–H and O–H groups in total. The standard InChI is InChI=1S/C7H8N4O/c1-2-5-3-11-4-8-10-6(11)7(12)9-5/h3-4H,2H2,1H3,(H,9,12). The normalized spacial score (nSPS) is 10.8. The van der Waals surface area contributed by atoms with E-state index in [1.807, 2.05) is 13.1 Å². The number of hydrogen-bond donors (Lipinski definition) is 1. The van der Waals surface area contributed by atoms with Gasteiger partial charge in [0.25, 0.3) is 5.56 Å². The first kappa shape index (κ1) is 7.02. The van der Waals surface area contributed by atoms with Gasteiger partial charge in [-0.05, 0) is 6.42 Å². The summed E-state index contributed by atoms with van der Waals surface area (Å²) >= 11 is 0. The van der Waals surface area contributed by atoms with Crippen LogP contribution in [0.2, 0.25) is 0 Å². The molecule has 0 aliphatic carbocycles. The third-order valence-corrected chi connectivity index (χ3v) is 1.73. The molecule has 0 saturated carbocycles. The molecule has 0 spiro atoms. The molecule has 0 aliphatic rings. The Morgan fingerprint density at radius 3 is 3.25 bits per heavy atom. The van der Waals surface area contributed by atoms with E-state index in [0.29, 0.717) is 5.65 Å². The number of aromatic nitrogens is 4. The van der Waals surface area contributed by atoms with Gasteiger partial charge in [-0.2, -0.15) is 0 Å². The van der Waals surface area contributed by atoms with E-state index in [-0.39, 0.29) is 5.56 Å². The monoisotopic (exact) mass is 164 g/mol. The number of nitrogens with one attached hydrogen (secondary N) is 1. The summed E-state index contributed by atoms with van der Waals surface area (Å²) < 4.78 is 1.62.